The van der Waals surface area contributed by atoms with Crippen LogP contribution in [-0.2, 0) is 5.41 Å². The van der Waals surface area contributed by atoms with E-state index in [2.05, 4.69) is 175 Å². The predicted octanol–water partition coefficient (Wildman–Crippen LogP) is 11.7. The Kier molecular flexibility index (Phi) is 5.27. The summed E-state index contributed by atoms with van der Waals surface area (Å²) in [6.07, 6.45) is 0. The molecule has 10 rings (SSSR count). The summed E-state index contributed by atoms with van der Waals surface area (Å²) in [5, 5.41) is 8.88. The summed E-state index contributed by atoms with van der Waals surface area (Å²) in [6, 6.07) is 62.6. The zero-order valence-electron chi connectivity index (χ0n) is 25.2. The normalized spacial score (nSPS) is 15.5. The van der Waals surface area contributed by atoms with Gasteiger partial charge in [-0.05, 0) is 114 Å². The molecular weight excluding hydrogens is 555 g/mol. The van der Waals surface area contributed by atoms with Gasteiger partial charge in [0.25, 0.3) is 0 Å². The summed E-state index contributed by atoms with van der Waals surface area (Å²) in [4.78, 5) is 0. The minimum Gasteiger partial charge on any atom is -0.355 e. The molecule has 0 radical (unpaired) electrons. The molecule has 1 nitrogen and oxygen atoms in total. The number of benzene rings is 8. The van der Waals surface area contributed by atoms with E-state index in [4.69, 9.17) is 0 Å². The minimum atomic E-state index is -0.385. The van der Waals surface area contributed by atoms with E-state index in [1.54, 1.807) is 0 Å². The van der Waals surface area contributed by atoms with Gasteiger partial charge in [0.1, 0.15) is 0 Å². The van der Waals surface area contributed by atoms with Crippen LogP contribution < -0.4 is 5.32 Å². The lowest BCUT2D eigenvalue weighted by atomic mass is 9.70. The molecule has 0 aliphatic heterocycles. The molecule has 1 spiro atoms. The first-order valence-corrected chi connectivity index (χ1v) is 16.0. The summed E-state index contributed by atoms with van der Waals surface area (Å²) < 4.78 is 0. The highest BCUT2D eigenvalue weighted by Crippen LogP contribution is 2.63. The monoisotopic (exact) mass is 583 g/mol. The Balaban J connectivity index is 1.16. The second-order valence-corrected chi connectivity index (χ2v) is 12.6. The first kappa shape index (κ1) is 25.4. The van der Waals surface area contributed by atoms with Crippen molar-refractivity contribution in [3.05, 3.63) is 192 Å². The maximum absolute atomic E-state index is 3.80. The van der Waals surface area contributed by atoms with E-state index in [9.17, 15) is 0 Å². The van der Waals surface area contributed by atoms with Crippen LogP contribution in [0.4, 0.5) is 11.4 Å². The van der Waals surface area contributed by atoms with Crippen LogP contribution in [0.25, 0.3) is 54.9 Å². The van der Waals surface area contributed by atoms with Crippen molar-refractivity contribution in [3.8, 4) is 33.4 Å². The van der Waals surface area contributed by atoms with Gasteiger partial charge in [-0.1, -0.05) is 133 Å². The van der Waals surface area contributed by atoms with Crippen LogP contribution in [-0.4, -0.2) is 0 Å². The van der Waals surface area contributed by atoms with E-state index in [0.29, 0.717) is 0 Å². The fraction of sp³-hybridized carbons (Fsp3) is 0.0222. The van der Waals surface area contributed by atoms with E-state index < -0.39 is 0 Å². The molecule has 8 aromatic carbocycles. The lowest BCUT2D eigenvalue weighted by Gasteiger charge is -2.31. The third-order valence-electron chi connectivity index (χ3n) is 10.2. The second kappa shape index (κ2) is 9.54. The Morgan fingerprint density at radius 2 is 0.891 bits per heavy atom. The molecule has 1 heteroatoms. The van der Waals surface area contributed by atoms with Crippen molar-refractivity contribution in [1.82, 2.24) is 0 Å². The highest BCUT2D eigenvalue weighted by atomic mass is 14.9. The van der Waals surface area contributed by atoms with E-state index in [1.807, 2.05) is 0 Å². The first-order chi connectivity index (χ1) is 22.8. The van der Waals surface area contributed by atoms with Crippen molar-refractivity contribution in [2.75, 3.05) is 5.32 Å². The van der Waals surface area contributed by atoms with E-state index in [0.717, 1.165) is 11.4 Å². The van der Waals surface area contributed by atoms with Gasteiger partial charge >= 0.3 is 0 Å². The Morgan fingerprint density at radius 3 is 1.72 bits per heavy atom. The topological polar surface area (TPSA) is 12.0 Å². The van der Waals surface area contributed by atoms with Crippen LogP contribution >= 0.6 is 0 Å². The summed E-state index contributed by atoms with van der Waals surface area (Å²) >= 11 is 0. The minimum absolute atomic E-state index is 0.385. The van der Waals surface area contributed by atoms with E-state index in [-0.39, 0.29) is 5.41 Å². The molecule has 0 aromatic heterocycles. The van der Waals surface area contributed by atoms with Gasteiger partial charge in [0.2, 0.25) is 0 Å². The van der Waals surface area contributed by atoms with Gasteiger partial charge in [0.05, 0.1) is 5.41 Å². The summed E-state index contributed by atoms with van der Waals surface area (Å²) in [5.74, 6) is 0. The van der Waals surface area contributed by atoms with Crippen LogP contribution in [0.15, 0.2) is 170 Å². The van der Waals surface area contributed by atoms with Crippen LogP contribution in [0.5, 0.6) is 0 Å². The molecule has 1 N–H and O–H groups in total. The molecule has 214 valence electrons. The largest absolute Gasteiger partial charge is 0.355 e. The average molecular weight is 584 g/mol. The Labute approximate surface area is 268 Å². The summed E-state index contributed by atoms with van der Waals surface area (Å²) in [7, 11) is 0. The lowest BCUT2D eigenvalue weighted by Crippen LogP contribution is -2.26. The van der Waals surface area contributed by atoms with Crippen molar-refractivity contribution in [2.24, 2.45) is 0 Å². The van der Waals surface area contributed by atoms with Crippen molar-refractivity contribution in [3.63, 3.8) is 0 Å². The van der Waals surface area contributed by atoms with Gasteiger partial charge in [-0.3, -0.25) is 0 Å². The number of anilines is 2. The maximum Gasteiger partial charge on any atom is 0.0726 e. The summed E-state index contributed by atoms with van der Waals surface area (Å²) in [5.41, 5.74) is 15.0. The molecule has 46 heavy (non-hydrogen) atoms. The van der Waals surface area contributed by atoms with E-state index >= 15 is 0 Å². The van der Waals surface area contributed by atoms with Gasteiger partial charge in [-0.2, -0.15) is 0 Å². The van der Waals surface area contributed by atoms with Gasteiger partial charge in [0, 0.05) is 11.4 Å². The van der Waals surface area contributed by atoms with Crippen molar-refractivity contribution >= 4 is 32.9 Å². The Hall–Kier alpha value is -5.92. The molecule has 2 aliphatic rings. The predicted molar refractivity (Wildman–Crippen MR) is 193 cm³/mol. The van der Waals surface area contributed by atoms with Crippen LogP contribution in [0.3, 0.4) is 0 Å². The van der Waals surface area contributed by atoms with E-state index in [1.165, 1.54) is 77.2 Å². The zero-order chi connectivity index (χ0) is 30.2. The molecule has 0 bridgehead atoms. The molecule has 0 saturated heterocycles. The SMILES string of the molecule is c1cc(Nc2ccc3c(c2)C2(c4ccccc4-3)c3ccccc3-c3cc4ccccc4cc32)cc(-c2cccc3ccccc23)c1. The number of fused-ring (bicyclic) bond motifs is 12. The third-order valence-corrected chi connectivity index (χ3v) is 10.2. The molecule has 0 amide bonds. The number of rotatable bonds is 3. The molecule has 8 aromatic rings. The second-order valence-electron chi connectivity index (χ2n) is 12.6. The van der Waals surface area contributed by atoms with Gasteiger partial charge in [-0.15, -0.1) is 0 Å². The zero-order valence-corrected chi connectivity index (χ0v) is 25.2. The Morgan fingerprint density at radius 1 is 0.326 bits per heavy atom. The van der Waals surface area contributed by atoms with Gasteiger partial charge in [0.15, 0.2) is 0 Å². The quantitative estimate of drug-likeness (QED) is 0.218. The fourth-order valence-electron chi connectivity index (χ4n) is 8.31. The maximum atomic E-state index is 3.80. The lowest BCUT2D eigenvalue weighted by molar-refractivity contribution is 0.795. The van der Waals surface area contributed by atoms with Crippen LogP contribution in [0.1, 0.15) is 22.3 Å². The van der Waals surface area contributed by atoms with Crippen LogP contribution in [0, 0.1) is 0 Å². The molecule has 0 fully saturated rings. The van der Waals surface area contributed by atoms with Crippen molar-refractivity contribution < 1.29 is 0 Å². The van der Waals surface area contributed by atoms with Gasteiger partial charge < -0.3 is 5.32 Å². The average Bonchev–Trinajstić information content (AvgIpc) is 3.57. The fourth-order valence-corrected chi connectivity index (χ4v) is 8.31. The number of hydrogen-bond donors (Lipinski definition) is 1. The third kappa shape index (κ3) is 3.46. The number of hydrogen-bond acceptors (Lipinski definition) is 1. The standard InChI is InChI=1S/C45H29N/c1-2-13-31-27-43-40(26-30(31)12-1)38-19-6-8-22-42(38)45(43)41-21-7-5-18-37(41)39-24-23-34(28-44(39)45)46-33-16-9-15-32(25-33)36-20-10-14-29-11-3-4-17-35(29)36/h1-28,46H. The molecule has 2 aliphatic carbocycles. The smallest absolute Gasteiger partial charge is 0.0726 e. The molecule has 1 atom stereocenters. The first-order valence-electron chi connectivity index (χ1n) is 16.0. The van der Waals surface area contributed by atoms with Gasteiger partial charge in [-0.25, -0.2) is 0 Å². The molecule has 0 heterocycles. The molecule has 0 saturated carbocycles. The highest BCUT2D eigenvalue weighted by Gasteiger charge is 2.51. The highest BCUT2D eigenvalue weighted by molar-refractivity contribution is 6.01. The van der Waals surface area contributed by atoms with Crippen LogP contribution in [0.2, 0.25) is 0 Å². The van der Waals surface area contributed by atoms with Crippen molar-refractivity contribution in [1.29, 1.82) is 0 Å². The molecule has 1 unspecified atom stereocenters. The Bertz CT molecular complexity index is 2520. The summed E-state index contributed by atoms with van der Waals surface area (Å²) in [6.45, 7) is 0. The molecular formula is C45H29N. The van der Waals surface area contributed by atoms with Crippen molar-refractivity contribution in [2.45, 2.75) is 5.41 Å². The number of nitrogens with one attached hydrogen (secondary N) is 1.